The van der Waals surface area contributed by atoms with Crippen LogP contribution in [0, 0.1) is 0 Å². The third-order valence-corrected chi connectivity index (χ3v) is 5.48. The van der Waals surface area contributed by atoms with Crippen LogP contribution < -0.4 is 10.6 Å². The van der Waals surface area contributed by atoms with Crippen LogP contribution in [-0.4, -0.2) is 46.2 Å². The van der Waals surface area contributed by atoms with Gasteiger partial charge in [0.1, 0.15) is 5.52 Å². The Hall–Kier alpha value is -1.84. The third-order valence-electron chi connectivity index (χ3n) is 3.60. The molecule has 0 spiro atoms. The van der Waals surface area contributed by atoms with Gasteiger partial charge in [-0.25, -0.2) is 19.9 Å². The maximum Gasteiger partial charge on any atom is 0.226 e. The van der Waals surface area contributed by atoms with Crippen molar-refractivity contribution in [1.29, 1.82) is 0 Å². The molecule has 3 aromatic rings. The number of halogens is 1. The number of aromatic nitrogens is 4. The summed E-state index contributed by atoms with van der Waals surface area (Å²) in [4.78, 5) is 19.8. The Balaban J connectivity index is 1.89. The highest BCUT2D eigenvalue weighted by Crippen LogP contribution is 2.36. The van der Waals surface area contributed by atoms with E-state index in [9.17, 15) is 0 Å². The molecule has 1 fully saturated rings. The molecule has 0 amide bonds. The van der Waals surface area contributed by atoms with Gasteiger partial charge in [0.05, 0.1) is 28.1 Å². The number of hydrogen-bond acceptors (Lipinski definition) is 8. The van der Waals surface area contributed by atoms with E-state index in [0.717, 1.165) is 39.0 Å². The Morgan fingerprint density at radius 2 is 1.91 bits per heavy atom. The molecular weight excluding hydrogens is 380 g/mol. The molecule has 118 valence electrons. The van der Waals surface area contributed by atoms with Crippen molar-refractivity contribution in [2.24, 2.45) is 0 Å². The first-order valence-electron chi connectivity index (χ1n) is 7.07. The predicted molar refractivity (Wildman–Crippen MR) is 93.6 cm³/mol. The molecular formula is C14H13BrN6OS. The van der Waals surface area contributed by atoms with Gasteiger partial charge >= 0.3 is 0 Å². The summed E-state index contributed by atoms with van der Waals surface area (Å²) in [5, 5.41) is 2.02. The van der Waals surface area contributed by atoms with E-state index in [-0.39, 0.29) is 5.95 Å². The minimum absolute atomic E-state index is 0.250. The zero-order valence-corrected chi connectivity index (χ0v) is 14.5. The Kier molecular flexibility index (Phi) is 3.83. The van der Waals surface area contributed by atoms with E-state index in [1.807, 2.05) is 5.38 Å². The fraction of sp³-hybridized carbons (Fsp3) is 0.286. The van der Waals surface area contributed by atoms with Gasteiger partial charge in [0.25, 0.3) is 0 Å². The van der Waals surface area contributed by atoms with Gasteiger partial charge in [-0.1, -0.05) is 0 Å². The molecule has 2 N–H and O–H groups in total. The first-order valence-corrected chi connectivity index (χ1v) is 8.75. The molecule has 0 aliphatic carbocycles. The number of nitrogen functional groups attached to an aromatic ring is 1. The maximum absolute atomic E-state index is 5.59. The Morgan fingerprint density at radius 1 is 1.17 bits per heavy atom. The van der Waals surface area contributed by atoms with Crippen molar-refractivity contribution in [3.8, 4) is 11.3 Å². The van der Waals surface area contributed by atoms with Gasteiger partial charge in [-0.2, -0.15) is 0 Å². The van der Waals surface area contributed by atoms with Crippen LogP contribution in [0.25, 0.3) is 21.5 Å². The number of nitrogens with two attached hydrogens (primary N) is 1. The number of nitrogens with zero attached hydrogens (tertiary/aromatic N) is 5. The maximum atomic E-state index is 5.59. The largest absolute Gasteiger partial charge is 0.378 e. The van der Waals surface area contributed by atoms with Gasteiger partial charge in [-0.3, -0.25) is 0 Å². The Labute approximate surface area is 144 Å². The molecule has 7 nitrogen and oxygen atoms in total. The van der Waals surface area contributed by atoms with E-state index in [2.05, 4.69) is 30.8 Å². The Morgan fingerprint density at radius 3 is 2.65 bits per heavy atom. The summed E-state index contributed by atoms with van der Waals surface area (Å²) in [5.41, 5.74) is 8.14. The zero-order chi connectivity index (χ0) is 15.8. The van der Waals surface area contributed by atoms with E-state index in [1.165, 1.54) is 0 Å². The molecule has 9 heteroatoms. The molecule has 0 unspecified atom stereocenters. The van der Waals surface area contributed by atoms with E-state index in [0.29, 0.717) is 19.2 Å². The molecule has 1 saturated heterocycles. The number of hydrogen-bond donors (Lipinski definition) is 1. The highest BCUT2D eigenvalue weighted by atomic mass is 79.9. The van der Waals surface area contributed by atoms with Crippen LogP contribution in [0.2, 0.25) is 0 Å². The van der Waals surface area contributed by atoms with Crippen molar-refractivity contribution < 1.29 is 4.74 Å². The number of fused-ring (bicyclic) bond motifs is 1. The first-order chi connectivity index (χ1) is 11.2. The number of anilines is 2. The summed E-state index contributed by atoms with van der Waals surface area (Å²) >= 11 is 5.16. The zero-order valence-electron chi connectivity index (χ0n) is 12.1. The lowest BCUT2D eigenvalue weighted by Gasteiger charge is -2.27. The normalized spacial score (nSPS) is 15.3. The first kappa shape index (κ1) is 14.7. The standard InChI is InChI=1S/C14H13BrN6OS/c15-9-7-23-12-10(8-5-17-13(16)18-6-8)19-14(20-11(9)12)21-1-3-22-4-2-21/h5-7H,1-4H2,(H2,16,17,18). The lowest BCUT2D eigenvalue weighted by molar-refractivity contribution is 0.122. The fourth-order valence-corrected chi connectivity index (χ4v) is 4.01. The van der Waals surface area contributed by atoms with Crippen LogP contribution in [0.1, 0.15) is 0 Å². The van der Waals surface area contributed by atoms with E-state index >= 15 is 0 Å². The third kappa shape index (κ3) is 2.75. The van der Waals surface area contributed by atoms with Crippen LogP contribution in [0.5, 0.6) is 0 Å². The van der Waals surface area contributed by atoms with Crippen LogP contribution in [0.4, 0.5) is 11.9 Å². The second-order valence-electron chi connectivity index (χ2n) is 5.06. The monoisotopic (exact) mass is 392 g/mol. The van der Waals surface area contributed by atoms with Crippen LogP contribution in [0.3, 0.4) is 0 Å². The number of morpholine rings is 1. The molecule has 23 heavy (non-hydrogen) atoms. The number of rotatable bonds is 2. The van der Waals surface area contributed by atoms with Gasteiger partial charge in [-0.05, 0) is 15.9 Å². The molecule has 1 aliphatic rings. The number of ether oxygens (including phenoxy) is 1. The second kappa shape index (κ2) is 5.99. The van der Waals surface area contributed by atoms with Crippen molar-refractivity contribution >= 4 is 49.4 Å². The van der Waals surface area contributed by atoms with Gasteiger partial charge in [-0.15, -0.1) is 11.3 Å². The SMILES string of the molecule is Nc1ncc(-c2nc(N3CCOCC3)nc3c(Br)csc23)cn1. The van der Waals surface area contributed by atoms with Crippen molar-refractivity contribution in [2.75, 3.05) is 36.9 Å². The van der Waals surface area contributed by atoms with Crippen LogP contribution in [-0.2, 0) is 4.74 Å². The Bertz CT molecular complexity index is 846. The average Bonchev–Trinajstić information content (AvgIpc) is 2.97. The highest BCUT2D eigenvalue weighted by Gasteiger charge is 2.19. The quantitative estimate of drug-likeness (QED) is 0.715. The summed E-state index contributed by atoms with van der Waals surface area (Å²) < 4.78 is 7.37. The van der Waals surface area contributed by atoms with Gasteiger partial charge in [0, 0.05) is 36.4 Å². The molecule has 4 rings (SSSR count). The van der Waals surface area contributed by atoms with Gasteiger partial charge in [0.15, 0.2) is 0 Å². The molecule has 0 saturated carbocycles. The van der Waals surface area contributed by atoms with Crippen molar-refractivity contribution in [2.45, 2.75) is 0 Å². The minimum Gasteiger partial charge on any atom is -0.378 e. The van der Waals surface area contributed by atoms with Crippen molar-refractivity contribution in [1.82, 2.24) is 19.9 Å². The van der Waals surface area contributed by atoms with E-state index in [1.54, 1.807) is 23.7 Å². The lowest BCUT2D eigenvalue weighted by Crippen LogP contribution is -2.37. The molecule has 4 heterocycles. The number of thiophene rings is 1. The fourth-order valence-electron chi connectivity index (χ4n) is 2.44. The summed E-state index contributed by atoms with van der Waals surface area (Å²) in [7, 11) is 0. The van der Waals surface area contributed by atoms with Crippen LogP contribution >= 0.6 is 27.3 Å². The molecule has 0 aromatic carbocycles. The van der Waals surface area contributed by atoms with E-state index < -0.39 is 0 Å². The smallest absolute Gasteiger partial charge is 0.226 e. The lowest BCUT2D eigenvalue weighted by atomic mass is 10.2. The predicted octanol–water partition coefficient (Wildman–Crippen LogP) is 2.33. The van der Waals surface area contributed by atoms with E-state index in [4.69, 9.17) is 20.4 Å². The van der Waals surface area contributed by atoms with Crippen LogP contribution in [0.15, 0.2) is 22.2 Å². The summed E-state index contributed by atoms with van der Waals surface area (Å²) in [5.74, 6) is 0.950. The van der Waals surface area contributed by atoms with Crippen molar-refractivity contribution in [3.05, 3.63) is 22.2 Å². The summed E-state index contributed by atoms with van der Waals surface area (Å²) in [6.07, 6.45) is 3.39. The van der Waals surface area contributed by atoms with Gasteiger partial charge < -0.3 is 15.4 Å². The van der Waals surface area contributed by atoms with Crippen molar-refractivity contribution in [3.63, 3.8) is 0 Å². The topological polar surface area (TPSA) is 90.0 Å². The minimum atomic E-state index is 0.250. The molecule has 0 atom stereocenters. The highest BCUT2D eigenvalue weighted by molar-refractivity contribution is 9.10. The molecule has 0 bridgehead atoms. The summed E-state index contributed by atoms with van der Waals surface area (Å²) in [6.45, 7) is 2.94. The molecule has 3 aromatic heterocycles. The van der Waals surface area contributed by atoms with Gasteiger partial charge in [0.2, 0.25) is 11.9 Å². The molecule has 1 aliphatic heterocycles. The second-order valence-corrected chi connectivity index (χ2v) is 6.80. The average molecular weight is 393 g/mol. The molecule has 0 radical (unpaired) electrons. The summed E-state index contributed by atoms with van der Waals surface area (Å²) in [6, 6.07) is 0.